The smallest absolute Gasteiger partial charge is 0.248 e. The number of nitrogens with zero attached hydrogens (tertiary/aromatic N) is 3. The second-order valence-electron chi connectivity index (χ2n) is 8.05. The SMILES string of the molecule is CCCn1cc(N2C(=O)[C@]3(Cc4ccc(C(N)=O)cc4C3)c3ccc(Cl)cc32)cn1. The zero-order valence-electron chi connectivity index (χ0n) is 16.6. The fraction of sp³-hybridized carbons (Fsp3) is 0.261. The normalized spacial score (nSPS) is 19.4. The fourth-order valence-corrected chi connectivity index (χ4v) is 4.95. The first-order chi connectivity index (χ1) is 14.4. The fourth-order valence-electron chi connectivity index (χ4n) is 4.78. The molecule has 0 saturated carbocycles. The number of fused-ring (bicyclic) bond motifs is 3. The third-order valence-corrected chi connectivity index (χ3v) is 6.37. The van der Waals surface area contributed by atoms with Gasteiger partial charge in [-0.05, 0) is 60.2 Å². The lowest BCUT2D eigenvalue weighted by Crippen LogP contribution is -2.39. The van der Waals surface area contributed by atoms with Gasteiger partial charge in [0.15, 0.2) is 0 Å². The summed E-state index contributed by atoms with van der Waals surface area (Å²) in [5.41, 5.74) is 9.76. The molecule has 2 aliphatic rings. The summed E-state index contributed by atoms with van der Waals surface area (Å²) in [4.78, 5) is 27.3. The van der Waals surface area contributed by atoms with Gasteiger partial charge in [-0.1, -0.05) is 30.7 Å². The van der Waals surface area contributed by atoms with Gasteiger partial charge in [-0.2, -0.15) is 5.10 Å². The van der Waals surface area contributed by atoms with Gasteiger partial charge >= 0.3 is 0 Å². The lowest BCUT2D eigenvalue weighted by atomic mass is 9.79. The summed E-state index contributed by atoms with van der Waals surface area (Å²) in [5, 5.41) is 4.98. The number of carbonyl (C=O) groups is 2. The average molecular weight is 421 g/mol. The van der Waals surface area contributed by atoms with Crippen molar-refractivity contribution in [2.45, 2.75) is 38.1 Å². The van der Waals surface area contributed by atoms with Gasteiger partial charge in [0.05, 0.1) is 23.0 Å². The number of nitrogens with two attached hydrogens (primary N) is 1. The summed E-state index contributed by atoms with van der Waals surface area (Å²) in [6.07, 6.45) is 5.69. The van der Waals surface area contributed by atoms with Crippen molar-refractivity contribution < 1.29 is 9.59 Å². The molecule has 0 unspecified atom stereocenters. The van der Waals surface area contributed by atoms with E-state index in [1.165, 1.54) is 0 Å². The summed E-state index contributed by atoms with van der Waals surface area (Å²) < 4.78 is 1.85. The van der Waals surface area contributed by atoms with Crippen molar-refractivity contribution in [3.8, 4) is 0 Å². The molecule has 0 radical (unpaired) electrons. The van der Waals surface area contributed by atoms with Crippen molar-refractivity contribution in [2.24, 2.45) is 5.73 Å². The first-order valence-corrected chi connectivity index (χ1v) is 10.4. The minimum Gasteiger partial charge on any atom is -0.366 e. The molecule has 1 aromatic heterocycles. The lowest BCUT2D eigenvalue weighted by molar-refractivity contribution is -0.122. The highest BCUT2D eigenvalue weighted by atomic mass is 35.5. The Labute approximate surface area is 179 Å². The maximum absolute atomic E-state index is 13.9. The van der Waals surface area contributed by atoms with Crippen LogP contribution in [0.3, 0.4) is 0 Å². The van der Waals surface area contributed by atoms with Crippen LogP contribution in [0.25, 0.3) is 0 Å². The minimum atomic E-state index is -0.717. The summed E-state index contributed by atoms with van der Waals surface area (Å²) in [5.74, 6) is -0.457. The molecular weight excluding hydrogens is 400 g/mol. The van der Waals surface area contributed by atoms with Crippen molar-refractivity contribution >= 4 is 34.8 Å². The maximum atomic E-state index is 13.9. The van der Waals surface area contributed by atoms with Gasteiger partial charge in [0.1, 0.15) is 0 Å². The second kappa shape index (κ2) is 6.71. The lowest BCUT2D eigenvalue weighted by Gasteiger charge is -2.23. The van der Waals surface area contributed by atoms with E-state index < -0.39 is 11.3 Å². The number of carbonyl (C=O) groups excluding carboxylic acids is 2. The standard InChI is InChI=1S/C23H21ClN4O2/c1-2-7-27-13-18(12-26-27)28-20-9-17(24)5-6-19(20)23(22(28)30)10-15-4-3-14(21(25)29)8-16(15)11-23/h3-6,8-9,12-13H,2,7,10-11H2,1H3,(H2,25,29)/t23-/m0/s1. The molecule has 6 nitrogen and oxygen atoms in total. The zero-order valence-corrected chi connectivity index (χ0v) is 17.3. The van der Waals surface area contributed by atoms with Gasteiger partial charge in [-0.25, -0.2) is 0 Å². The number of primary amides is 1. The Morgan fingerprint density at radius 1 is 1.20 bits per heavy atom. The summed E-state index contributed by atoms with van der Waals surface area (Å²) in [7, 11) is 0. The van der Waals surface area contributed by atoms with E-state index in [1.54, 1.807) is 17.2 Å². The Bertz CT molecular complexity index is 1200. The Balaban J connectivity index is 1.62. The van der Waals surface area contributed by atoms with Gasteiger partial charge in [0.25, 0.3) is 0 Å². The molecule has 1 atom stereocenters. The molecule has 0 fully saturated rings. The van der Waals surface area contributed by atoms with E-state index >= 15 is 0 Å². The number of aryl methyl sites for hydroxylation is 1. The monoisotopic (exact) mass is 420 g/mol. The highest BCUT2D eigenvalue weighted by Gasteiger charge is 2.54. The van der Waals surface area contributed by atoms with Gasteiger partial charge in [-0.15, -0.1) is 0 Å². The Morgan fingerprint density at radius 3 is 2.77 bits per heavy atom. The molecule has 2 amide bonds. The molecule has 152 valence electrons. The van der Waals surface area contributed by atoms with Crippen molar-refractivity contribution in [3.05, 3.63) is 76.1 Å². The number of amides is 2. The van der Waals surface area contributed by atoms with E-state index in [0.29, 0.717) is 23.4 Å². The third-order valence-electron chi connectivity index (χ3n) is 6.13. The highest BCUT2D eigenvalue weighted by Crippen LogP contribution is 2.52. The van der Waals surface area contributed by atoms with Crippen molar-refractivity contribution in [2.75, 3.05) is 4.90 Å². The van der Waals surface area contributed by atoms with Crippen LogP contribution in [0.15, 0.2) is 48.8 Å². The third kappa shape index (κ3) is 2.67. The zero-order chi connectivity index (χ0) is 21.0. The average Bonchev–Trinajstić information content (AvgIpc) is 3.38. The van der Waals surface area contributed by atoms with E-state index in [0.717, 1.165) is 41.0 Å². The topological polar surface area (TPSA) is 81.2 Å². The molecular formula is C23H21ClN4O2. The van der Waals surface area contributed by atoms with Crippen LogP contribution in [-0.2, 0) is 29.6 Å². The van der Waals surface area contributed by atoms with Crippen LogP contribution in [0.4, 0.5) is 11.4 Å². The molecule has 2 heterocycles. The van der Waals surface area contributed by atoms with Gasteiger partial charge in [0, 0.05) is 23.3 Å². The van der Waals surface area contributed by atoms with Crippen molar-refractivity contribution in [3.63, 3.8) is 0 Å². The van der Waals surface area contributed by atoms with E-state index in [4.69, 9.17) is 17.3 Å². The number of benzene rings is 2. The largest absolute Gasteiger partial charge is 0.366 e. The molecule has 7 heteroatoms. The Morgan fingerprint density at radius 2 is 2.00 bits per heavy atom. The van der Waals surface area contributed by atoms with Crippen LogP contribution < -0.4 is 10.6 Å². The van der Waals surface area contributed by atoms with Crippen molar-refractivity contribution in [1.29, 1.82) is 0 Å². The van der Waals surface area contributed by atoms with Crippen LogP contribution >= 0.6 is 11.6 Å². The second-order valence-corrected chi connectivity index (χ2v) is 8.48. The van der Waals surface area contributed by atoms with Gasteiger partial charge in [-0.3, -0.25) is 19.2 Å². The van der Waals surface area contributed by atoms with Crippen LogP contribution in [-0.4, -0.2) is 21.6 Å². The molecule has 1 spiro atoms. The number of anilines is 2. The molecule has 1 aliphatic carbocycles. The molecule has 3 aromatic rings. The molecule has 2 N–H and O–H groups in total. The Kier molecular flexibility index (Phi) is 4.22. The van der Waals surface area contributed by atoms with Crippen LogP contribution in [0.1, 0.15) is 40.4 Å². The number of hydrogen-bond acceptors (Lipinski definition) is 3. The predicted octanol–water partition coefficient (Wildman–Crippen LogP) is 3.76. The quantitative estimate of drug-likeness (QED) is 0.697. The molecule has 30 heavy (non-hydrogen) atoms. The van der Waals surface area contributed by atoms with E-state index in [1.807, 2.05) is 41.2 Å². The minimum absolute atomic E-state index is 0.00707. The van der Waals surface area contributed by atoms with Crippen molar-refractivity contribution in [1.82, 2.24) is 9.78 Å². The molecule has 0 bridgehead atoms. The summed E-state index contributed by atoms with van der Waals surface area (Å²) >= 11 is 6.31. The summed E-state index contributed by atoms with van der Waals surface area (Å²) in [6.45, 7) is 2.87. The van der Waals surface area contributed by atoms with Crippen LogP contribution in [0.5, 0.6) is 0 Å². The Hall–Kier alpha value is -3.12. The molecule has 2 aromatic carbocycles. The van der Waals surface area contributed by atoms with Crippen LogP contribution in [0, 0.1) is 0 Å². The number of rotatable bonds is 4. The molecule has 1 aliphatic heterocycles. The van der Waals surface area contributed by atoms with E-state index in [9.17, 15) is 9.59 Å². The maximum Gasteiger partial charge on any atom is 0.248 e. The van der Waals surface area contributed by atoms with Gasteiger partial charge in [0.2, 0.25) is 11.8 Å². The number of hydrogen-bond donors (Lipinski definition) is 1. The molecule has 0 saturated heterocycles. The van der Waals surface area contributed by atoms with E-state index in [2.05, 4.69) is 12.0 Å². The van der Waals surface area contributed by atoms with Gasteiger partial charge < -0.3 is 5.73 Å². The molecule has 5 rings (SSSR count). The first-order valence-electron chi connectivity index (χ1n) is 10.0. The van der Waals surface area contributed by atoms with E-state index in [-0.39, 0.29) is 5.91 Å². The first kappa shape index (κ1) is 18.9. The predicted molar refractivity (Wildman–Crippen MR) is 115 cm³/mol. The highest BCUT2D eigenvalue weighted by molar-refractivity contribution is 6.31. The summed E-state index contributed by atoms with van der Waals surface area (Å²) in [6, 6.07) is 11.1. The number of halogens is 1. The number of aromatic nitrogens is 2. The van der Waals surface area contributed by atoms with Crippen LogP contribution in [0.2, 0.25) is 5.02 Å².